The Morgan fingerprint density at radius 1 is 1.19 bits per heavy atom. The van der Waals surface area contributed by atoms with E-state index in [-0.39, 0.29) is 32.0 Å². The number of rotatable bonds is 6. The molecule has 0 atom stereocenters. The molecule has 1 aromatic carbocycles. The quantitative estimate of drug-likeness (QED) is 0.499. The van der Waals surface area contributed by atoms with E-state index < -0.39 is 18.6 Å². The second-order valence-electron chi connectivity index (χ2n) is 3.97. The van der Waals surface area contributed by atoms with Crippen LogP contribution in [0.15, 0.2) is 18.2 Å². The summed E-state index contributed by atoms with van der Waals surface area (Å²) in [5.74, 6) is 4.65. The molecule has 7 heteroatoms. The summed E-state index contributed by atoms with van der Waals surface area (Å²) in [6.07, 6.45) is -4.13. The highest BCUT2D eigenvalue weighted by molar-refractivity contribution is 5.46. The lowest BCUT2D eigenvalue weighted by Crippen LogP contribution is -2.18. The lowest BCUT2D eigenvalue weighted by atomic mass is 10.2. The molecule has 1 rings (SSSR count). The molecule has 0 aliphatic rings. The van der Waals surface area contributed by atoms with Crippen molar-refractivity contribution in [1.82, 2.24) is 0 Å². The highest BCUT2D eigenvalue weighted by Crippen LogP contribution is 2.19. The normalized spacial score (nSPS) is 10.9. The zero-order valence-electron chi connectivity index (χ0n) is 11.0. The molecule has 0 aliphatic heterocycles. The minimum atomic E-state index is -4.35. The summed E-state index contributed by atoms with van der Waals surface area (Å²) in [5.41, 5.74) is 0.390. The lowest BCUT2D eigenvalue weighted by Gasteiger charge is -2.10. The Hall–Kier alpha value is -1.78. The molecule has 0 saturated carbocycles. The number of hydrogen-bond acceptors (Lipinski definition) is 3. The van der Waals surface area contributed by atoms with E-state index in [0.29, 0.717) is 5.56 Å². The Morgan fingerprint density at radius 2 is 1.95 bits per heavy atom. The summed E-state index contributed by atoms with van der Waals surface area (Å²) in [7, 11) is 0. The van der Waals surface area contributed by atoms with Crippen LogP contribution in [-0.4, -0.2) is 37.7 Å². The fourth-order valence-corrected chi connectivity index (χ4v) is 1.38. The van der Waals surface area contributed by atoms with Crippen LogP contribution in [0.3, 0.4) is 0 Å². The van der Waals surface area contributed by atoms with Crippen LogP contribution in [0.2, 0.25) is 0 Å². The Morgan fingerprint density at radius 3 is 2.62 bits per heavy atom. The molecule has 0 amide bonds. The Balaban J connectivity index is 2.42. The van der Waals surface area contributed by atoms with Crippen molar-refractivity contribution < 1.29 is 32.1 Å². The number of benzene rings is 1. The van der Waals surface area contributed by atoms with Crippen molar-refractivity contribution in [2.45, 2.75) is 12.6 Å². The van der Waals surface area contributed by atoms with Gasteiger partial charge in [0.25, 0.3) is 0 Å². The van der Waals surface area contributed by atoms with Gasteiger partial charge in [0, 0.05) is 12.5 Å². The van der Waals surface area contributed by atoms with E-state index in [4.69, 9.17) is 9.84 Å². The maximum atomic E-state index is 13.1. The number of aliphatic hydroxyl groups is 1. The van der Waals surface area contributed by atoms with Crippen molar-refractivity contribution in [3.8, 4) is 17.6 Å². The van der Waals surface area contributed by atoms with Gasteiger partial charge in [0.15, 0.2) is 0 Å². The van der Waals surface area contributed by atoms with E-state index in [1.165, 1.54) is 12.1 Å². The fourth-order valence-electron chi connectivity index (χ4n) is 1.38. The minimum Gasteiger partial charge on any atom is -0.492 e. The molecule has 21 heavy (non-hydrogen) atoms. The summed E-state index contributed by atoms with van der Waals surface area (Å²) in [6, 6.07) is 3.71. The van der Waals surface area contributed by atoms with Gasteiger partial charge in [-0.15, -0.1) is 0 Å². The summed E-state index contributed by atoms with van der Waals surface area (Å²) in [6.45, 7) is -1.70. The molecule has 1 N–H and O–H groups in total. The monoisotopic (exact) mass is 306 g/mol. The first-order valence-corrected chi connectivity index (χ1v) is 6.09. The van der Waals surface area contributed by atoms with Crippen molar-refractivity contribution in [1.29, 1.82) is 0 Å². The second kappa shape index (κ2) is 8.49. The molecule has 0 saturated heterocycles. The minimum absolute atomic E-state index is 0.0646. The van der Waals surface area contributed by atoms with Gasteiger partial charge in [-0.1, -0.05) is 11.8 Å². The van der Waals surface area contributed by atoms with Crippen molar-refractivity contribution in [2.24, 2.45) is 0 Å². The van der Waals surface area contributed by atoms with E-state index in [2.05, 4.69) is 16.6 Å². The molecule has 0 heterocycles. The molecular weight excluding hydrogens is 292 g/mol. The molecule has 0 aliphatic carbocycles. The molecule has 0 bridgehead atoms. The third-order valence-electron chi connectivity index (χ3n) is 2.20. The number of hydrogen-bond donors (Lipinski definition) is 1. The maximum absolute atomic E-state index is 13.1. The van der Waals surface area contributed by atoms with Crippen LogP contribution >= 0.6 is 0 Å². The second-order valence-corrected chi connectivity index (χ2v) is 3.97. The Kier molecular flexibility index (Phi) is 6.99. The average Bonchev–Trinajstić information content (AvgIpc) is 2.40. The topological polar surface area (TPSA) is 38.7 Å². The van der Waals surface area contributed by atoms with Gasteiger partial charge < -0.3 is 14.6 Å². The Bertz CT molecular complexity index is 503. The first kappa shape index (κ1) is 17.3. The van der Waals surface area contributed by atoms with Crippen LogP contribution in [0, 0.1) is 17.7 Å². The highest BCUT2D eigenvalue weighted by Gasteiger charge is 2.27. The number of halogens is 4. The Labute approximate surface area is 119 Å². The number of ether oxygens (including phenoxy) is 2. The predicted molar refractivity (Wildman–Crippen MR) is 67.3 cm³/mol. The van der Waals surface area contributed by atoms with Gasteiger partial charge >= 0.3 is 6.18 Å². The molecule has 3 nitrogen and oxygen atoms in total. The van der Waals surface area contributed by atoms with Gasteiger partial charge in [0.2, 0.25) is 0 Å². The molecular formula is C14H14F4O3. The first-order chi connectivity index (χ1) is 9.92. The average molecular weight is 306 g/mol. The lowest BCUT2D eigenvalue weighted by molar-refractivity contribution is -0.174. The number of aliphatic hydroxyl groups excluding tert-OH is 1. The molecule has 0 aromatic heterocycles. The van der Waals surface area contributed by atoms with E-state index >= 15 is 0 Å². The summed E-state index contributed by atoms with van der Waals surface area (Å²) in [4.78, 5) is 0. The fraction of sp³-hybridized carbons (Fsp3) is 0.429. The van der Waals surface area contributed by atoms with Crippen LogP contribution in [-0.2, 0) is 4.74 Å². The van der Waals surface area contributed by atoms with Gasteiger partial charge in [0.05, 0.1) is 18.8 Å². The predicted octanol–water partition coefficient (Wildman–Crippen LogP) is 2.52. The third kappa shape index (κ3) is 7.54. The van der Waals surface area contributed by atoms with Crippen molar-refractivity contribution >= 4 is 0 Å². The smallest absolute Gasteiger partial charge is 0.411 e. The summed E-state index contributed by atoms with van der Waals surface area (Å²) >= 11 is 0. The van der Waals surface area contributed by atoms with Crippen molar-refractivity contribution in [2.75, 3.05) is 26.4 Å². The zero-order valence-corrected chi connectivity index (χ0v) is 11.0. The van der Waals surface area contributed by atoms with E-state index in [9.17, 15) is 17.6 Å². The van der Waals surface area contributed by atoms with Gasteiger partial charge in [-0.3, -0.25) is 0 Å². The first-order valence-electron chi connectivity index (χ1n) is 6.09. The van der Waals surface area contributed by atoms with Gasteiger partial charge in [-0.25, -0.2) is 4.39 Å². The molecule has 116 valence electrons. The van der Waals surface area contributed by atoms with E-state index in [0.717, 1.165) is 6.07 Å². The molecule has 0 unspecified atom stereocenters. The number of alkyl halides is 3. The molecule has 0 spiro atoms. The van der Waals surface area contributed by atoms with E-state index in [1.807, 2.05) is 0 Å². The highest BCUT2D eigenvalue weighted by atomic mass is 19.4. The largest absolute Gasteiger partial charge is 0.492 e. The standard InChI is InChI=1S/C14H14F4O3/c15-12-5-4-11(3-1-6-19)13(9-12)21-8-2-7-20-10-14(16,17)18/h4-5,9,19H,2,6-8,10H2. The maximum Gasteiger partial charge on any atom is 0.411 e. The molecule has 0 fully saturated rings. The van der Waals surface area contributed by atoms with Crippen LogP contribution < -0.4 is 4.74 Å². The zero-order chi connectivity index (χ0) is 15.7. The molecule has 1 aromatic rings. The van der Waals surface area contributed by atoms with Gasteiger partial charge in [-0.05, 0) is 12.1 Å². The van der Waals surface area contributed by atoms with Crippen molar-refractivity contribution in [3.63, 3.8) is 0 Å². The van der Waals surface area contributed by atoms with Gasteiger partial charge in [0.1, 0.15) is 24.8 Å². The van der Waals surface area contributed by atoms with Gasteiger partial charge in [-0.2, -0.15) is 13.2 Å². The van der Waals surface area contributed by atoms with Crippen molar-refractivity contribution in [3.05, 3.63) is 29.6 Å². The SMILES string of the molecule is OCC#Cc1ccc(F)cc1OCCCOCC(F)(F)F. The van der Waals surface area contributed by atoms with Crippen LogP contribution in [0.1, 0.15) is 12.0 Å². The summed E-state index contributed by atoms with van der Waals surface area (Å²) < 4.78 is 58.2. The van der Waals surface area contributed by atoms with Crippen LogP contribution in [0.25, 0.3) is 0 Å². The summed E-state index contributed by atoms with van der Waals surface area (Å²) in [5, 5.41) is 8.62. The molecule has 0 radical (unpaired) electrons. The van der Waals surface area contributed by atoms with E-state index in [1.54, 1.807) is 0 Å². The third-order valence-corrected chi connectivity index (χ3v) is 2.20. The van der Waals surface area contributed by atoms with Crippen LogP contribution in [0.4, 0.5) is 17.6 Å². The van der Waals surface area contributed by atoms with Crippen LogP contribution in [0.5, 0.6) is 5.75 Å².